The van der Waals surface area contributed by atoms with Gasteiger partial charge in [0, 0.05) is 42.4 Å². The van der Waals surface area contributed by atoms with E-state index in [0.717, 1.165) is 23.8 Å². The number of aromatic nitrogens is 2. The van der Waals surface area contributed by atoms with Gasteiger partial charge in [-0.2, -0.15) is 0 Å². The molecule has 0 atom stereocenters. The van der Waals surface area contributed by atoms with Crippen molar-refractivity contribution in [2.24, 2.45) is 0 Å². The van der Waals surface area contributed by atoms with E-state index in [1.165, 1.54) is 0 Å². The molecule has 3 rings (SSSR count). The number of carbonyl (C=O) groups is 1. The largest absolute Gasteiger partial charge is 0.368 e. The number of anilines is 2. The van der Waals surface area contributed by atoms with Crippen LogP contribution in [0.4, 0.5) is 11.5 Å². The molecule has 0 saturated carbocycles. The Morgan fingerprint density at radius 1 is 1.12 bits per heavy atom. The van der Waals surface area contributed by atoms with Crippen molar-refractivity contribution in [1.82, 2.24) is 14.9 Å². The lowest BCUT2D eigenvalue weighted by atomic mass is 10.1. The molecular formula is C19H24ClN5O. The maximum absolute atomic E-state index is 12.7. The number of nitrogens with zero attached hydrogens (tertiary/aromatic N) is 4. The normalized spacial score (nSPS) is 15.1. The third-order valence-corrected chi connectivity index (χ3v) is 4.35. The van der Waals surface area contributed by atoms with Gasteiger partial charge >= 0.3 is 0 Å². The Balaban J connectivity index is 1.60. The fourth-order valence-electron chi connectivity index (χ4n) is 2.89. The number of hydrogen-bond donors (Lipinski definition) is 1. The van der Waals surface area contributed by atoms with E-state index in [1.807, 2.05) is 49.9 Å². The first kappa shape index (κ1) is 18.5. The molecule has 1 aromatic heterocycles. The van der Waals surface area contributed by atoms with Crippen LogP contribution in [-0.4, -0.2) is 52.5 Å². The highest BCUT2D eigenvalue weighted by molar-refractivity contribution is 6.30. The minimum atomic E-state index is -0.100. The molecule has 1 aliphatic heterocycles. The van der Waals surface area contributed by atoms with Crippen molar-refractivity contribution in [3.63, 3.8) is 0 Å². The minimum absolute atomic E-state index is 0.0782. The van der Waals surface area contributed by atoms with Gasteiger partial charge in [-0.1, -0.05) is 17.7 Å². The van der Waals surface area contributed by atoms with E-state index >= 15 is 0 Å². The second kappa shape index (κ2) is 7.50. The first-order chi connectivity index (χ1) is 12.3. The first-order valence-corrected chi connectivity index (χ1v) is 9.10. The van der Waals surface area contributed by atoms with E-state index in [1.54, 1.807) is 12.4 Å². The van der Waals surface area contributed by atoms with Gasteiger partial charge in [-0.05, 0) is 39.0 Å². The molecule has 1 N–H and O–H groups in total. The molecule has 2 heterocycles. The SMILES string of the molecule is CC(C)(C)Nc1cnc(C(=O)N2CCN(c3cccc(Cl)c3)CC2)cn1. The summed E-state index contributed by atoms with van der Waals surface area (Å²) in [6, 6.07) is 7.79. The summed E-state index contributed by atoms with van der Waals surface area (Å²) in [4.78, 5) is 25.3. The molecule has 1 aliphatic rings. The third-order valence-electron chi connectivity index (χ3n) is 4.11. The van der Waals surface area contributed by atoms with E-state index in [2.05, 4.69) is 20.2 Å². The van der Waals surface area contributed by atoms with Gasteiger partial charge in [0.1, 0.15) is 11.5 Å². The fourth-order valence-corrected chi connectivity index (χ4v) is 3.07. The summed E-state index contributed by atoms with van der Waals surface area (Å²) in [5.74, 6) is 0.588. The molecular weight excluding hydrogens is 350 g/mol. The summed E-state index contributed by atoms with van der Waals surface area (Å²) in [7, 11) is 0. The number of piperazine rings is 1. The molecule has 1 fully saturated rings. The summed E-state index contributed by atoms with van der Waals surface area (Å²) in [6.07, 6.45) is 3.15. The van der Waals surface area contributed by atoms with Crippen molar-refractivity contribution in [1.29, 1.82) is 0 Å². The average Bonchev–Trinajstić information content (AvgIpc) is 2.61. The molecule has 0 spiro atoms. The van der Waals surface area contributed by atoms with Gasteiger partial charge in [-0.25, -0.2) is 9.97 Å². The van der Waals surface area contributed by atoms with Crippen molar-refractivity contribution in [2.45, 2.75) is 26.3 Å². The van der Waals surface area contributed by atoms with Crippen molar-refractivity contribution >= 4 is 29.0 Å². The van der Waals surface area contributed by atoms with E-state index < -0.39 is 0 Å². The zero-order valence-electron chi connectivity index (χ0n) is 15.4. The fraction of sp³-hybridized carbons (Fsp3) is 0.421. The van der Waals surface area contributed by atoms with Gasteiger partial charge in [0.2, 0.25) is 0 Å². The molecule has 0 bridgehead atoms. The Hall–Kier alpha value is -2.34. The van der Waals surface area contributed by atoms with Crippen molar-refractivity contribution < 1.29 is 4.79 Å². The maximum atomic E-state index is 12.7. The highest BCUT2D eigenvalue weighted by atomic mass is 35.5. The van der Waals surface area contributed by atoms with Crippen molar-refractivity contribution in [3.8, 4) is 0 Å². The molecule has 7 heteroatoms. The van der Waals surface area contributed by atoms with Gasteiger partial charge in [0.15, 0.2) is 0 Å². The van der Waals surface area contributed by atoms with Crippen LogP contribution in [0.25, 0.3) is 0 Å². The number of carbonyl (C=O) groups excluding carboxylic acids is 1. The van der Waals surface area contributed by atoms with Crippen LogP contribution in [-0.2, 0) is 0 Å². The Morgan fingerprint density at radius 2 is 1.85 bits per heavy atom. The van der Waals surface area contributed by atoms with Crippen molar-refractivity contribution in [3.05, 3.63) is 47.4 Å². The number of nitrogens with one attached hydrogen (secondary N) is 1. The van der Waals surface area contributed by atoms with Crippen LogP contribution in [0.3, 0.4) is 0 Å². The average molecular weight is 374 g/mol. The van der Waals surface area contributed by atoms with Gasteiger partial charge in [-0.3, -0.25) is 4.79 Å². The summed E-state index contributed by atoms with van der Waals surface area (Å²) < 4.78 is 0. The molecule has 0 radical (unpaired) electrons. The van der Waals surface area contributed by atoms with E-state index in [4.69, 9.17) is 11.6 Å². The quantitative estimate of drug-likeness (QED) is 0.894. The Kier molecular flexibility index (Phi) is 5.32. The summed E-state index contributed by atoms with van der Waals surface area (Å²) >= 11 is 6.06. The van der Waals surface area contributed by atoms with E-state index in [0.29, 0.717) is 24.6 Å². The molecule has 0 unspecified atom stereocenters. The maximum Gasteiger partial charge on any atom is 0.274 e. The molecule has 138 valence electrons. The van der Waals surface area contributed by atoms with E-state index in [-0.39, 0.29) is 11.4 Å². The van der Waals surface area contributed by atoms with Crippen LogP contribution >= 0.6 is 11.6 Å². The van der Waals surface area contributed by atoms with Gasteiger partial charge < -0.3 is 15.1 Å². The number of halogens is 1. The zero-order valence-corrected chi connectivity index (χ0v) is 16.1. The second-order valence-corrected chi connectivity index (χ2v) is 7.86. The Morgan fingerprint density at radius 3 is 2.42 bits per heavy atom. The number of hydrogen-bond acceptors (Lipinski definition) is 5. The highest BCUT2D eigenvalue weighted by Crippen LogP contribution is 2.21. The molecule has 1 amide bonds. The summed E-state index contributed by atoms with van der Waals surface area (Å²) in [6.45, 7) is 8.98. The number of rotatable bonds is 3. The van der Waals surface area contributed by atoms with Crippen LogP contribution in [0.5, 0.6) is 0 Å². The van der Waals surface area contributed by atoms with Gasteiger partial charge in [0.05, 0.1) is 12.4 Å². The molecule has 6 nitrogen and oxygen atoms in total. The molecule has 1 aromatic carbocycles. The lowest BCUT2D eigenvalue weighted by Crippen LogP contribution is -2.49. The monoisotopic (exact) mass is 373 g/mol. The first-order valence-electron chi connectivity index (χ1n) is 8.72. The number of benzene rings is 1. The standard InChI is InChI=1S/C19H24ClN5O/c1-19(2,3)23-17-13-21-16(12-22-17)18(26)25-9-7-24(8-10-25)15-6-4-5-14(20)11-15/h4-6,11-13H,7-10H2,1-3H3,(H,22,23). The lowest BCUT2D eigenvalue weighted by molar-refractivity contribution is 0.0740. The van der Waals surface area contributed by atoms with Crippen LogP contribution < -0.4 is 10.2 Å². The molecule has 2 aromatic rings. The van der Waals surface area contributed by atoms with Crippen molar-refractivity contribution in [2.75, 3.05) is 36.4 Å². The lowest BCUT2D eigenvalue weighted by Gasteiger charge is -2.36. The molecule has 0 aliphatic carbocycles. The molecule has 26 heavy (non-hydrogen) atoms. The second-order valence-electron chi connectivity index (χ2n) is 7.42. The Labute approximate surface area is 159 Å². The van der Waals surface area contributed by atoms with Gasteiger partial charge in [0.25, 0.3) is 5.91 Å². The zero-order chi connectivity index (χ0) is 18.7. The predicted molar refractivity (Wildman–Crippen MR) is 105 cm³/mol. The Bertz CT molecular complexity index is 764. The topological polar surface area (TPSA) is 61.4 Å². The summed E-state index contributed by atoms with van der Waals surface area (Å²) in [5, 5.41) is 3.96. The molecule has 1 saturated heterocycles. The van der Waals surface area contributed by atoms with Crippen LogP contribution in [0.15, 0.2) is 36.7 Å². The third kappa shape index (κ3) is 4.64. The van der Waals surface area contributed by atoms with Gasteiger partial charge in [-0.15, -0.1) is 0 Å². The van der Waals surface area contributed by atoms with E-state index in [9.17, 15) is 4.79 Å². The van der Waals surface area contributed by atoms with Crippen LogP contribution in [0.2, 0.25) is 5.02 Å². The number of amides is 1. The van der Waals surface area contributed by atoms with Crippen LogP contribution in [0, 0.1) is 0 Å². The van der Waals surface area contributed by atoms with Crippen LogP contribution in [0.1, 0.15) is 31.3 Å². The predicted octanol–water partition coefficient (Wildman–Crippen LogP) is 3.30. The summed E-state index contributed by atoms with van der Waals surface area (Å²) in [5.41, 5.74) is 1.36. The smallest absolute Gasteiger partial charge is 0.274 e. The highest BCUT2D eigenvalue weighted by Gasteiger charge is 2.23. The minimum Gasteiger partial charge on any atom is -0.368 e.